The lowest BCUT2D eigenvalue weighted by atomic mass is 10.0. The standard InChI is InChI=1S/C14H15ClFNO4/c1-20-14(19)12(8-2-3-10(15)11(16)6-8)17-13(18)9-4-5-21-7-9/h2-3,6,9,12H,4-5,7H2,1H3,(H,17,18)/t9-,12-/m0/s1. The number of carbonyl (C=O) groups is 2. The molecule has 0 saturated carbocycles. The van der Waals surface area contributed by atoms with Crippen LogP contribution in [0.4, 0.5) is 4.39 Å². The summed E-state index contributed by atoms with van der Waals surface area (Å²) >= 11 is 5.61. The monoisotopic (exact) mass is 315 g/mol. The van der Waals surface area contributed by atoms with Crippen LogP contribution in [0.25, 0.3) is 0 Å². The van der Waals surface area contributed by atoms with Crippen molar-refractivity contribution in [2.24, 2.45) is 5.92 Å². The average molecular weight is 316 g/mol. The van der Waals surface area contributed by atoms with Gasteiger partial charge in [0.15, 0.2) is 6.04 Å². The van der Waals surface area contributed by atoms with Gasteiger partial charge < -0.3 is 14.8 Å². The van der Waals surface area contributed by atoms with Crippen molar-refractivity contribution in [1.82, 2.24) is 5.32 Å². The molecular formula is C14H15ClFNO4. The highest BCUT2D eigenvalue weighted by atomic mass is 35.5. The Hall–Kier alpha value is -1.66. The minimum atomic E-state index is -1.07. The van der Waals surface area contributed by atoms with E-state index in [0.717, 1.165) is 6.07 Å². The fourth-order valence-corrected chi connectivity index (χ4v) is 2.21. The molecule has 0 bridgehead atoms. The van der Waals surface area contributed by atoms with Crippen LogP contribution in [0.2, 0.25) is 5.02 Å². The van der Waals surface area contributed by atoms with Gasteiger partial charge in [-0.3, -0.25) is 4.79 Å². The van der Waals surface area contributed by atoms with Gasteiger partial charge >= 0.3 is 5.97 Å². The van der Waals surface area contributed by atoms with E-state index in [1.54, 1.807) is 0 Å². The summed E-state index contributed by atoms with van der Waals surface area (Å²) in [5.41, 5.74) is 0.274. The molecule has 0 radical (unpaired) electrons. The van der Waals surface area contributed by atoms with Crippen molar-refractivity contribution in [2.45, 2.75) is 12.5 Å². The maximum atomic E-state index is 13.5. The van der Waals surface area contributed by atoms with Crippen molar-refractivity contribution in [2.75, 3.05) is 20.3 Å². The van der Waals surface area contributed by atoms with E-state index < -0.39 is 17.8 Å². The first-order valence-electron chi connectivity index (χ1n) is 6.44. The van der Waals surface area contributed by atoms with Crippen LogP contribution in [-0.2, 0) is 19.1 Å². The molecule has 114 valence electrons. The Labute approximate surface area is 126 Å². The molecular weight excluding hydrogens is 301 g/mol. The Bertz CT molecular complexity index is 546. The zero-order chi connectivity index (χ0) is 15.4. The normalized spacial score (nSPS) is 19.1. The van der Waals surface area contributed by atoms with E-state index in [9.17, 15) is 14.0 Å². The minimum absolute atomic E-state index is 0.0575. The van der Waals surface area contributed by atoms with Gasteiger partial charge in [-0.15, -0.1) is 0 Å². The molecule has 21 heavy (non-hydrogen) atoms. The third-order valence-corrected chi connectivity index (χ3v) is 3.61. The number of amides is 1. The van der Waals surface area contributed by atoms with Crippen LogP contribution in [0.15, 0.2) is 18.2 Å². The molecule has 1 heterocycles. The van der Waals surface area contributed by atoms with Crippen molar-refractivity contribution in [1.29, 1.82) is 0 Å². The number of halogens is 2. The molecule has 0 unspecified atom stereocenters. The SMILES string of the molecule is COC(=O)[C@@H](NC(=O)[C@H]1CCOC1)c1ccc(Cl)c(F)c1. The molecule has 1 aromatic rings. The van der Waals surface area contributed by atoms with E-state index in [4.69, 9.17) is 16.3 Å². The lowest BCUT2D eigenvalue weighted by Gasteiger charge is -2.19. The summed E-state index contributed by atoms with van der Waals surface area (Å²) in [4.78, 5) is 23.9. The van der Waals surface area contributed by atoms with Crippen LogP contribution in [0.5, 0.6) is 0 Å². The third kappa shape index (κ3) is 3.71. The Morgan fingerprint density at radius 3 is 2.86 bits per heavy atom. The number of rotatable bonds is 4. The second-order valence-corrected chi connectivity index (χ2v) is 5.11. The zero-order valence-corrected chi connectivity index (χ0v) is 12.2. The highest BCUT2D eigenvalue weighted by Gasteiger charge is 2.30. The molecule has 0 spiro atoms. The number of carbonyl (C=O) groups excluding carboxylic acids is 2. The summed E-state index contributed by atoms with van der Waals surface area (Å²) in [7, 11) is 1.20. The number of benzene rings is 1. The molecule has 7 heteroatoms. The molecule has 0 aromatic heterocycles. The van der Waals surface area contributed by atoms with E-state index in [1.165, 1.54) is 19.2 Å². The molecule has 1 fully saturated rings. The lowest BCUT2D eigenvalue weighted by molar-refractivity contribution is -0.145. The highest BCUT2D eigenvalue weighted by Crippen LogP contribution is 2.22. The van der Waals surface area contributed by atoms with Gasteiger partial charge in [0.1, 0.15) is 5.82 Å². The fraction of sp³-hybridized carbons (Fsp3) is 0.429. The van der Waals surface area contributed by atoms with Crippen molar-refractivity contribution >= 4 is 23.5 Å². The number of hydrogen-bond acceptors (Lipinski definition) is 4. The van der Waals surface area contributed by atoms with E-state index in [1.807, 2.05) is 0 Å². The molecule has 5 nitrogen and oxygen atoms in total. The van der Waals surface area contributed by atoms with Crippen LogP contribution in [0, 0.1) is 11.7 Å². The second kappa shape index (κ2) is 6.87. The molecule has 1 aromatic carbocycles. The lowest BCUT2D eigenvalue weighted by Crippen LogP contribution is -2.38. The predicted octanol–water partition coefficient (Wildman–Crippen LogP) is 1.85. The Morgan fingerprint density at radius 1 is 1.52 bits per heavy atom. The smallest absolute Gasteiger partial charge is 0.333 e. The quantitative estimate of drug-likeness (QED) is 0.861. The number of hydrogen-bond donors (Lipinski definition) is 1. The number of methoxy groups -OCH3 is 1. The summed E-state index contributed by atoms with van der Waals surface area (Å²) in [6, 6.07) is 2.83. The topological polar surface area (TPSA) is 64.6 Å². The molecule has 2 rings (SSSR count). The first-order chi connectivity index (χ1) is 10.0. The van der Waals surface area contributed by atoms with Gasteiger partial charge in [0.25, 0.3) is 0 Å². The van der Waals surface area contributed by atoms with Crippen molar-refractivity contribution < 1.29 is 23.5 Å². The molecule has 1 N–H and O–H groups in total. The Balaban J connectivity index is 2.19. The van der Waals surface area contributed by atoms with Crippen LogP contribution < -0.4 is 5.32 Å². The van der Waals surface area contributed by atoms with Crippen LogP contribution >= 0.6 is 11.6 Å². The van der Waals surface area contributed by atoms with Crippen molar-refractivity contribution in [3.8, 4) is 0 Å². The van der Waals surface area contributed by atoms with Crippen molar-refractivity contribution in [3.05, 3.63) is 34.6 Å². The molecule has 1 saturated heterocycles. The number of ether oxygens (including phenoxy) is 2. The Kier molecular flexibility index (Phi) is 5.14. The zero-order valence-electron chi connectivity index (χ0n) is 11.4. The molecule has 2 atom stereocenters. The Morgan fingerprint density at radius 2 is 2.29 bits per heavy atom. The minimum Gasteiger partial charge on any atom is -0.467 e. The van der Waals surface area contributed by atoms with E-state index in [-0.39, 0.29) is 22.4 Å². The van der Waals surface area contributed by atoms with Gasteiger partial charge in [0, 0.05) is 6.61 Å². The molecule has 0 aliphatic carbocycles. The predicted molar refractivity (Wildman–Crippen MR) is 73.2 cm³/mol. The highest BCUT2D eigenvalue weighted by molar-refractivity contribution is 6.30. The summed E-state index contributed by atoms with van der Waals surface area (Å²) in [6.45, 7) is 0.825. The summed E-state index contributed by atoms with van der Waals surface area (Å²) in [5.74, 6) is -1.97. The van der Waals surface area contributed by atoms with Crippen LogP contribution in [0.3, 0.4) is 0 Å². The maximum absolute atomic E-state index is 13.5. The summed E-state index contributed by atoms with van der Waals surface area (Å²) in [6.07, 6.45) is 0.592. The first kappa shape index (κ1) is 15.7. The maximum Gasteiger partial charge on any atom is 0.333 e. The fourth-order valence-electron chi connectivity index (χ4n) is 2.09. The number of nitrogens with one attached hydrogen (secondary N) is 1. The van der Waals surface area contributed by atoms with Gasteiger partial charge in [-0.05, 0) is 24.1 Å². The van der Waals surface area contributed by atoms with Gasteiger partial charge in [0.2, 0.25) is 5.91 Å². The van der Waals surface area contributed by atoms with E-state index in [2.05, 4.69) is 10.1 Å². The van der Waals surface area contributed by atoms with Crippen LogP contribution in [0.1, 0.15) is 18.0 Å². The van der Waals surface area contributed by atoms with Crippen LogP contribution in [-0.4, -0.2) is 32.2 Å². The van der Waals surface area contributed by atoms with E-state index >= 15 is 0 Å². The van der Waals surface area contributed by atoms with Crippen molar-refractivity contribution in [3.63, 3.8) is 0 Å². The summed E-state index contributed by atoms with van der Waals surface area (Å²) in [5, 5.41) is 2.51. The number of esters is 1. The van der Waals surface area contributed by atoms with Gasteiger partial charge in [-0.25, -0.2) is 9.18 Å². The van der Waals surface area contributed by atoms with E-state index in [0.29, 0.717) is 19.6 Å². The molecule has 1 amide bonds. The third-order valence-electron chi connectivity index (χ3n) is 3.30. The van der Waals surface area contributed by atoms with Gasteiger partial charge in [-0.2, -0.15) is 0 Å². The van der Waals surface area contributed by atoms with Gasteiger partial charge in [-0.1, -0.05) is 17.7 Å². The summed E-state index contributed by atoms with van der Waals surface area (Å²) < 4.78 is 23.3. The molecule has 1 aliphatic rings. The van der Waals surface area contributed by atoms with Gasteiger partial charge in [0.05, 0.1) is 24.7 Å². The largest absolute Gasteiger partial charge is 0.467 e. The second-order valence-electron chi connectivity index (χ2n) is 4.70. The first-order valence-corrected chi connectivity index (χ1v) is 6.81. The average Bonchev–Trinajstić information content (AvgIpc) is 3.01. The molecule has 1 aliphatic heterocycles.